The molecule has 8 heteroatoms. The quantitative estimate of drug-likeness (QED) is 0.503. The van der Waals surface area contributed by atoms with E-state index in [0.29, 0.717) is 47.5 Å². The zero-order valence-electron chi connectivity index (χ0n) is 19.4. The van der Waals surface area contributed by atoms with Crippen LogP contribution >= 0.6 is 11.6 Å². The monoisotopic (exact) mass is 491 g/mol. The average Bonchev–Trinajstić information content (AvgIpc) is 3.05. The van der Waals surface area contributed by atoms with Crippen LogP contribution in [0, 0.1) is 0 Å². The van der Waals surface area contributed by atoms with Gasteiger partial charge in [-0.25, -0.2) is 9.79 Å². The van der Waals surface area contributed by atoms with Gasteiger partial charge < -0.3 is 24.4 Å². The number of hydrogen-bond donors (Lipinski definition) is 1. The molecule has 2 aliphatic rings. The number of esters is 1. The van der Waals surface area contributed by atoms with Gasteiger partial charge in [0, 0.05) is 24.7 Å². The van der Waals surface area contributed by atoms with Crippen molar-refractivity contribution >= 4 is 29.1 Å². The van der Waals surface area contributed by atoms with Crippen molar-refractivity contribution in [1.29, 1.82) is 0 Å². The Balaban J connectivity index is 1.31. The van der Waals surface area contributed by atoms with E-state index in [-0.39, 0.29) is 12.0 Å². The molecule has 2 heterocycles. The highest BCUT2D eigenvalue weighted by Gasteiger charge is 2.27. The maximum absolute atomic E-state index is 11.8. The molecule has 3 aromatic carbocycles. The fourth-order valence-electron chi connectivity index (χ4n) is 4.17. The molecular formula is C27H26ClN3O4. The molecule has 1 N–H and O–H groups in total. The van der Waals surface area contributed by atoms with Gasteiger partial charge in [0.15, 0.2) is 5.75 Å². The molecule has 0 radical (unpaired) electrons. The van der Waals surface area contributed by atoms with E-state index in [4.69, 9.17) is 30.8 Å². The van der Waals surface area contributed by atoms with Crippen molar-refractivity contribution < 1.29 is 19.0 Å². The normalized spacial score (nSPS) is 16.8. The predicted molar refractivity (Wildman–Crippen MR) is 135 cm³/mol. The van der Waals surface area contributed by atoms with Gasteiger partial charge in [-0.05, 0) is 61.5 Å². The van der Waals surface area contributed by atoms with Crippen LogP contribution in [0.2, 0.25) is 5.02 Å². The number of aliphatic imine (C=N–C) groups is 1. The molecule has 0 saturated carbocycles. The van der Waals surface area contributed by atoms with E-state index in [1.165, 1.54) is 0 Å². The molecule has 0 aliphatic carbocycles. The highest BCUT2D eigenvalue weighted by Crippen LogP contribution is 2.39. The van der Waals surface area contributed by atoms with Crippen LogP contribution < -0.4 is 14.8 Å². The van der Waals surface area contributed by atoms with Crippen LogP contribution in [0.15, 0.2) is 71.7 Å². The van der Waals surface area contributed by atoms with E-state index in [1.54, 1.807) is 37.3 Å². The number of carbonyl (C=O) groups is 1. The minimum atomic E-state index is -0.333. The van der Waals surface area contributed by atoms with Gasteiger partial charge in [-0.2, -0.15) is 0 Å². The van der Waals surface area contributed by atoms with Gasteiger partial charge in [0.25, 0.3) is 0 Å². The molecule has 1 unspecified atom stereocenters. The number of ether oxygens (including phenoxy) is 3. The first-order chi connectivity index (χ1) is 17.1. The van der Waals surface area contributed by atoms with E-state index in [0.717, 1.165) is 30.2 Å². The Bertz CT molecular complexity index is 1250. The summed E-state index contributed by atoms with van der Waals surface area (Å²) in [6.07, 6.45) is 0. The second-order valence-corrected chi connectivity index (χ2v) is 8.74. The number of nitrogens with zero attached hydrogens (tertiary/aromatic N) is 2. The standard InChI is InChI=1S/C27H26ClN3O4/c1-2-33-27(32)18-7-10-21(11-8-18)34-17-20-16-31(14-13-29-20)26-22-5-3-4-6-24(22)35-25-12-9-19(28)15-23(25)30-26/h3-12,15,20,29H,2,13-14,16-17H2,1H3. The fourth-order valence-corrected chi connectivity index (χ4v) is 4.33. The summed E-state index contributed by atoms with van der Waals surface area (Å²) >= 11 is 6.25. The third kappa shape index (κ3) is 5.26. The van der Waals surface area contributed by atoms with E-state index < -0.39 is 0 Å². The highest BCUT2D eigenvalue weighted by atomic mass is 35.5. The maximum Gasteiger partial charge on any atom is 0.338 e. The van der Waals surface area contributed by atoms with Crippen molar-refractivity contribution in [3.05, 3.63) is 82.9 Å². The molecule has 7 nitrogen and oxygen atoms in total. The van der Waals surface area contributed by atoms with Gasteiger partial charge in [0.2, 0.25) is 0 Å². The topological polar surface area (TPSA) is 72.4 Å². The van der Waals surface area contributed by atoms with Crippen molar-refractivity contribution in [1.82, 2.24) is 10.2 Å². The maximum atomic E-state index is 11.8. The summed E-state index contributed by atoms with van der Waals surface area (Å²) in [6, 6.07) is 20.5. The molecule has 0 bridgehead atoms. The minimum Gasteiger partial charge on any atom is -0.492 e. The number of hydrogen-bond acceptors (Lipinski definition) is 7. The Morgan fingerprint density at radius 1 is 1.14 bits per heavy atom. The largest absolute Gasteiger partial charge is 0.492 e. The molecule has 0 spiro atoms. The van der Waals surface area contributed by atoms with Crippen molar-refractivity contribution in [2.24, 2.45) is 4.99 Å². The highest BCUT2D eigenvalue weighted by molar-refractivity contribution is 6.31. The molecule has 1 saturated heterocycles. The summed E-state index contributed by atoms with van der Waals surface area (Å²) in [4.78, 5) is 19.1. The van der Waals surface area contributed by atoms with Crippen LogP contribution in [0.1, 0.15) is 22.8 Å². The van der Waals surface area contributed by atoms with Crippen molar-refractivity contribution in [3.63, 3.8) is 0 Å². The SMILES string of the molecule is CCOC(=O)c1ccc(OCC2CN(C3=Nc4cc(Cl)ccc4Oc4ccccc43)CCN2)cc1. The van der Waals surface area contributed by atoms with Crippen molar-refractivity contribution in [2.45, 2.75) is 13.0 Å². The Hall–Kier alpha value is -3.55. The molecule has 35 heavy (non-hydrogen) atoms. The number of benzene rings is 3. The summed E-state index contributed by atoms with van der Waals surface area (Å²) in [5.41, 5.74) is 2.15. The Kier molecular flexibility index (Phi) is 6.88. The fraction of sp³-hybridized carbons (Fsp3) is 0.259. The predicted octanol–water partition coefficient (Wildman–Crippen LogP) is 5.05. The van der Waals surface area contributed by atoms with Gasteiger partial charge in [-0.1, -0.05) is 23.7 Å². The lowest BCUT2D eigenvalue weighted by molar-refractivity contribution is 0.0526. The number of nitrogens with one attached hydrogen (secondary N) is 1. The zero-order chi connectivity index (χ0) is 24.2. The summed E-state index contributed by atoms with van der Waals surface area (Å²) in [6.45, 7) is 4.92. The molecule has 2 aliphatic heterocycles. The number of carbonyl (C=O) groups excluding carboxylic acids is 1. The average molecular weight is 492 g/mol. The van der Waals surface area contributed by atoms with Crippen LogP contribution in [0.4, 0.5) is 5.69 Å². The van der Waals surface area contributed by atoms with Crippen LogP contribution in [0.5, 0.6) is 17.2 Å². The number of fused-ring (bicyclic) bond motifs is 2. The van der Waals surface area contributed by atoms with E-state index in [9.17, 15) is 4.79 Å². The number of para-hydroxylation sites is 1. The summed E-state index contributed by atoms with van der Waals surface area (Å²) in [5.74, 6) is 2.66. The molecule has 1 atom stereocenters. The lowest BCUT2D eigenvalue weighted by Gasteiger charge is -2.35. The van der Waals surface area contributed by atoms with Crippen molar-refractivity contribution in [2.75, 3.05) is 32.8 Å². The number of rotatable bonds is 5. The number of amidine groups is 1. The smallest absolute Gasteiger partial charge is 0.338 e. The molecular weight excluding hydrogens is 466 g/mol. The number of piperazine rings is 1. The van der Waals surface area contributed by atoms with E-state index in [2.05, 4.69) is 10.2 Å². The van der Waals surface area contributed by atoms with Crippen molar-refractivity contribution in [3.8, 4) is 17.2 Å². The lowest BCUT2D eigenvalue weighted by atomic mass is 10.1. The van der Waals surface area contributed by atoms with Crippen LogP contribution in [-0.4, -0.2) is 55.6 Å². The van der Waals surface area contributed by atoms with Gasteiger partial charge in [0.05, 0.1) is 23.8 Å². The first-order valence-electron chi connectivity index (χ1n) is 11.6. The third-order valence-corrected chi connectivity index (χ3v) is 6.10. The van der Waals surface area contributed by atoms with Gasteiger partial charge in [-0.15, -0.1) is 0 Å². The Labute approximate surface area is 209 Å². The van der Waals surface area contributed by atoms with Gasteiger partial charge in [-0.3, -0.25) is 0 Å². The molecule has 3 aromatic rings. The molecule has 5 rings (SSSR count). The molecule has 1 fully saturated rings. The summed E-state index contributed by atoms with van der Waals surface area (Å²) < 4.78 is 17.2. The molecule has 0 amide bonds. The second-order valence-electron chi connectivity index (χ2n) is 8.30. The number of halogens is 1. The third-order valence-electron chi connectivity index (χ3n) is 5.87. The first-order valence-corrected chi connectivity index (χ1v) is 12.0. The van der Waals surface area contributed by atoms with Gasteiger partial charge >= 0.3 is 5.97 Å². The summed E-state index contributed by atoms with van der Waals surface area (Å²) in [5, 5.41) is 4.14. The van der Waals surface area contributed by atoms with E-state index in [1.807, 2.05) is 36.4 Å². The van der Waals surface area contributed by atoms with Crippen LogP contribution in [0.3, 0.4) is 0 Å². The van der Waals surface area contributed by atoms with Crippen LogP contribution in [-0.2, 0) is 4.74 Å². The lowest BCUT2D eigenvalue weighted by Crippen LogP contribution is -2.54. The summed E-state index contributed by atoms with van der Waals surface area (Å²) in [7, 11) is 0. The molecule has 0 aromatic heterocycles. The Morgan fingerprint density at radius 3 is 2.80 bits per heavy atom. The van der Waals surface area contributed by atoms with Gasteiger partial charge in [0.1, 0.15) is 29.6 Å². The first kappa shape index (κ1) is 23.2. The zero-order valence-corrected chi connectivity index (χ0v) is 20.1. The Morgan fingerprint density at radius 2 is 1.97 bits per heavy atom. The molecule has 180 valence electrons. The van der Waals surface area contributed by atoms with Crippen LogP contribution in [0.25, 0.3) is 0 Å². The second kappa shape index (κ2) is 10.4. The van der Waals surface area contributed by atoms with E-state index >= 15 is 0 Å². The minimum absolute atomic E-state index is 0.0892.